The van der Waals surface area contributed by atoms with E-state index in [9.17, 15) is 14.0 Å². The Hall–Kier alpha value is -2.89. The molecule has 0 aliphatic rings. The van der Waals surface area contributed by atoms with Crippen LogP contribution in [-0.4, -0.2) is 18.4 Å². The first-order chi connectivity index (χ1) is 12.6. The first-order valence-electron chi connectivity index (χ1n) is 8.70. The first kappa shape index (κ1) is 19.4. The lowest BCUT2D eigenvalue weighted by atomic mass is 10.2. The molecule has 0 spiro atoms. The number of ether oxygens (including phenoxy) is 1. The van der Waals surface area contributed by atoms with E-state index in [1.807, 2.05) is 0 Å². The number of hydrogen-bond acceptors (Lipinski definition) is 3. The minimum absolute atomic E-state index is 0.139. The highest BCUT2D eigenvalue weighted by atomic mass is 19.1. The molecule has 0 radical (unpaired) electrons. The lowest BCUT2D eigenvalue weighted by molar-refractivity contribution is 0.0844. The molecule has 2 rings (SSSR count). The van der Waals surface area contributed by atoms with Crippen LogP contribution in [0.4, 0.5) is 4.39 Å². The summed E-state index contributed by atoms with van der Waals surface area (Å²) in [5.74, 6) is -1.18. The van der Waals surface area contributed by atoms with Gasteiger partial charge in [0.15, 0.2) is 0 Å². The third kappa shape index (κ3) is 5.88. The number of nitrogens with one attached hydrogen (secondary N) is 2. The molecule has 2 N–H and O–H groups in total. The fourth-order valence-electron chi connectivity index (χ4n) is 2.32. The molecule has 0 atom stereocenters. The van der Waals surface area contributed by atoms with Gasteiger partial charge >= 0.3 is 0 Å². The highest BCUT2D eigenvalue weighted by Crippen LogP contribution is 2.13. The molecule has 0 aliphatic heterocycles. The van der Waals surface area contributed by atoms with Crippen LogP contribution in [0.2, 0.25) is 0 Å². The molecule has 2 aromatic rings. The maximum absolute atomic E-state index is 13.5. The Balaban J connectivity index is 1.80. The number of halogens is 1. The molecule has 0 fully saturated rings. The van der Waals surface area contributed by atoms with E-state index in [0.717, 1.165) is 12.8 Å². The van der Waals surface area contributed by atoms with E-state index >= 15 is 0 Å². The molecule has 0 heterocycles. The summed E-state index contributed by atoms with van der Waals surface area (Å²) in [7, 11) is 0. The largest absolute Gasteiger partial charge is 0.494 e. The number of hydrazine groups is 1. The number of carbonyl (C=O) groups excluding carboxylic acids is 2. The van der Waals surface area contributed by atoms with Crippen molar-refractivity contribution in [2.45, 2.75) is 32.6 Å². The molecule has 2 aromatic carbocycles. The van der Waals surface area contributed by atoms with Gasteiger partial charge in [-0.15, -0.1) is 0 Å². The van der Waals surface area contributed by atoms with Gasteiger partial charge in [-0.3, -0.25) is 20.4 Å². The van der Waals surface area contributed by atoms with Crippen LogP contribution in [0.15, 0.2) is 48.5 Å². The van der Waals surface area contributed by atoms with Crippen LogP contribution < -0.4 is 15.6 Å². The minimum atomic E-state index is -0.719. The third-order valence-corrected chi connectivity index (χ3v) is 3.79. The van der Waals surface area contributed by atoms with Crippen LogP contribution in [0.25, 0.3) is 0 Å². The Morgan fingerprint density at radius 3 is 2.31 bits per heavy atom. The van der Waals surface area contributed by atoms with Crippen molar-refractivity contribution >= 4 is 11.8 Å². The molecule has 0 saturated heterocycles. The van der Waals surface area contributed by atoms with Crippen molar-refractivity contribution < 1.29 is 18.7 Å². The molecule has 0 unspecified atom stereocenters. The third-order valence-electron chi connectivity index (χ3n) is 3.79. The lowest BCUT2D eigenvalue weighted by Gasteiger charge is -2.09. The monoisotopic (exact) mass is 358 g/mol. The smallest absolute Gasteiger partial charge is 0.272 e. The van der Waals surface area contributed by atoms with Gasteiger partial charge in [-0.05, 0) is 42.8 Å². The maximum Gasteiger partial charge on any atom is 0.272 e. The Morgan fingerprint density at radius 2 is 1.62 bits per heavy atom. The molecule has 0 aliphatic carbocycles. The second-order valence-corrected chi connectivity index (χ2v) is 5.82. The molecule has 5 nitrogen and oxygen atoms in total. The van der Waals surface area contributed by atoms with E-state index in [1.54, 1.807) is 30.3 Å². The number of carbonyl (C=O) groups is 2. The Bertz CT molecular complexity index is 732. The van der Waals surface area contributed by atoms with Crippen molar-refractivity contribution in [3.8, 4) is 5.75 Å². The average Bonchev–Trinajstić information content (AvgIpc) is 2.66. The molecule has 138 valence electrons. The molecular weight excluding hydrogens is 335 g/mol. The van der Waals surface area contributed by atoms with Crippen molar-refractivity contribution in [1.29, 1.82) is 0 Å². The standard InChI is InChI=1S/C20H23FN2O3/c1-2-3-4-7-14-26-16-12-10-15(11-13-16)19(24)22-23-20(25)17-8-5-6-9-18(17)21/h5-6,8-13H,2-4,7,14H2,1H3,(H,22,24)(H,23,25). The summed E-state index contributed by atoms with van der Waals surface area (Å²) >= 11 is 0. The van der Waals surface area contributed by atoms with Gasteiger partial charge in [0.2, 0.25) is 0 Å². The Labute approximate surface area is 152 Å². The van der Waals surface area contributed by atoms with Crippen molar-refractivity contribution in [3.63, 3.8) is 0 Å². The normalized spacial score (nSPS) is 10.2. The van der Waals surface area contributed by atoms with Gasteiger partial charge in [0.1, 0.15) is 11.6 Å². The zero-order valence-electron chi connectivity index (χ0n) is 14.8. The summed E-state index contributed by atoms with van der Waals surface area (Å²) in [6.45, 7) is 2.80. The van der Waals surface area contributed by atoms with E-state index in [1.165, 1.54) is 31.0 Å². The number of rotatable bonds is 8. The van der Waals surface area contributed by atoms with Gasteiger partial charge in [0.05, 0.1) is 12.2 Å². The predicted molar refractivity (Wildman–Crippen MR) is 97.4 cm³/mol. The van der Waals surface area contributed by atoms with Crippen LogP contribution >= 0.6 is 0 Å². The topological polar surface area (TPSA) is 67.4 Å². The van der Waals surface area contributed by atoms with E-state index in [4.69, 9.17) is 4.74 Å². The molecule has 0 saturated carbocycles. The van der Waals surface area contributed by atoms with Gasteiger partial charge < -0.3 is 4.74 Å². The van der Waals surface area contributed by atoms with E-state index in [2.05, 4.69) is 17.8 Å². The SMILES string of the molecule is CCCCCCOc1ccc(C(=O)NNC(=O)c2ccccc2F)cc1. The highest BCUT2D eigenvalue weighted by molar-refractivity contribution is 5.99. The quantitative estimate of drug-likeness (QED) is 0.556. The second kappa shape index (κ2) is 10.2. The molecule has 6 heteroatoms. The van der Waals surface area contributed by atoms with Crippen LogP contribution in [0, 0.1) is 5.82 Å². The van der Waals surface area contributed by atoms with Gasteiger partial charge in [-0.2, -0.15) is 0 Å². The number of benzene rings is 2. The number of unbranched alkanes of at least 4 members (excludes halogenated alkanes) is 3. The van der Waals surface area contributed by atoms with E-state index in [-0.39, 0.29) is 5.56 Å². The van der Waals surface area contributed by atoms with Crippen molar-refractivity contribution in [3.05, 3.63) is 65.5 Å². The molecule has 0 aromatic heterocycles. The number of amides is 2. The van der Waals surface area contributed by atoms with Crippen LogP contribution in [0.1, 0.15) is 53.3 Å². The summed E-state index contributed by atoms with van der Waals surface area (Å²) in [5, 5.41) is 0. The average molecular weight is 358 g/mol. The Morgan fingerprint density at radius 1 is 0.923 bits per heavy atom. The summed E-state index contributed by atoms with van der Waals surface area (Å²) in [6, 6.07) is 12.2. The van der Waals surface area contributed by atoms with E-state index < -0.39 is 17.6 Å². The zero-order chi connectivity index (χ0) is 18.8. The second-order valence-electron chi connectivity index (χ2n) is 5.82. The fourth-order valence-corrected chi connectivity index (χ4v) is 2.32. The lowest BCUT2D eigenvalue weighted by Crippen LogP contribution is -2.41. The van der Waals surface area contributed by atoms with E-state index in [0.29, 0.717) is 17.9 Å². The summed E-state index contributed by atoms with van der Waals surface area (Å²) in [5.41, 5.74) is 4.68. The Kier molecular flexibility index (Phi) is 7.61. The van der Waals surface area contributed by atoms with Crippen LogP contribution in [-0.2, 0) is 0 Å². The minimum Gasteiger partial charge on any atom is -0.494 e. The molecule has 26 heavy (non-hydrogen) atoms. The zero-order valence-corrected chi connectivity index (χ0v) is 14.8. The van der Waals surface area contributed by atoms with Gasteiger partial charge in [0, 0.05) is 5.56 Å². The first-order valence-corrected chi connectivity index (χ1v) is 8.70. The fraction of sp³-hybridized carbons (Fsp3) is 0.300. The van der Waals surface area contributed by atoms with Crippen LogP contribution in [0.3, 0.4) is 0 Å². The maximum atomic E-state index is 13.5. The van der Waals surface area contributed by atoms with Crippen molar-refractivity contribution in [1.82, 2.24) is 10.9 Å². The predicted octanol–water partition coefficient (Wildman–Crippen LogP) is 3.86. The van der Waals surface area contributed by atoms with Crippen LogP contribution in [0.5, 0.6) is 5.75 Å². The summed E-state index contributed by atoms with van der Waals surface area (Å²) in [6.07, 6.45) is 4.51. The van der Waals surface area contributed by atoms with Gasteiger partial charge in [0.25, 0.3) is 11.8 Å². The van der Waals surface area contributed by atoms with Gasteiger partial charge in [-0.25, -0.2) is 4.39 Å². The highest BCUT2D eigenvalue weighted by Gasteiger charge is 2.12. The number of hydrogen-bond donors (Lipinski definition) is 2. The molecule has 0 bridgehead atoms. The van der Waals surface area contributed by atoms with Crippen molar-refractivity contribution in [2.24, 2.45) is 0 Å². The summed E-state index contributed by atoms with van der Waals surface area (Å²) < 4.78 is 19.1. The molecule has 2 amide bonds. The van der Waals surface area contributed by atoms with Crippen molar-refractivity contribution in [2.75, 3.05) is 6.61 Å². The molecular formula is C20H23FN2O3. The van der Waals surface area contributed by atoms with Gasteiger partial charge in [-0.1, -0.05) is 38.3 Å². The summed E-state index contributed by atoms with van der Waals surface area (Å²) in [4.78, 5) is 23.9.